The van der Waals surface area contributed by atoms with E-state index in [1.54, 1.807) is 0 Å². The van der Waals surface area contributed by atoms with Crippen LogP contribution in [0.5, 0.6) is 0 Å². The van der Waals surface area contributed by atoms with E-state index in [4.69, 9.17) is 0 Å². The summed E-state index contributed by atoms with van der Waals surface area (Å²) in [7, 11) is 0. The van der Waals surface area contributed by atoms with Crippen molar-refractivity contribution in [2.45, 2.75) is 34.1 Å². The molecule has 68 valence electrons. The second kappa shape index (κ2) is 5.82. The van der Waals surface area contributed by atoms with Crippen LogP contribution in [-0.4, -0.2) is 0 Å². The minimum atomic E-state index is 0.680. The highest BCUT2D eigenvalue weighted by molar-refractivity contribution is 5.23. The molecule has 0 aliphatic rings. The Balaban J connectivity index is 4.10. The van der Waals surface area contributed by atoms with Gasteiger partial charge in [-0.2, -0.15) is 0 Å². The maximum absolute atomic E-state index is 3.81. The predicted molar refractivity (Wildman–Crippen MR) is 57.2 cm³/mol. The third-order valence-corrected chi connectivity index (χ3v) is 1.82. The summed E-state index contributed by atoms with van der Waals surface area (Å²) in [5.74, 6) is 0.680. The molecule has 0 fully saturated rings. The molecule has 0 heterocycles. The van der Waals surface area contributed by atoms with Crippen molar-refractivity contribution in [1.82, 2.24) is 0 Å². The zero-order valence-electron chi connectivity index (χ0n) is 8.72. The Morgan fingerprint density at radius 1 is 1.33 bits per heavy atom. The van der Waals surface area contributed by atoms with E-state index < -0.39 is 0 Å². The third-order valence-electron chi connectivity index (χ3n) is 1.82. The molecule has 0 radical (unpaired) electrons. The van der Waals surface area contributed by atoms with Gasteiger partial charge in [0.05, 0.1) is 0 Å². The van der Waals surface area contributed by atoms with Gasteiger partial charge in [0.15, 0.2) is 0 Å². The molecule has 0 aliphatic heterocycles. The summed E-state index contributed by atoms with van der Waals surface area (Å²) in [5, 5.41) is 0. The molecule has 1 atom stereocenters. The van der Waals surface area contributed by atoms with Crippen LogP contribution in [0.2, 0.25) is 0 Å². The molecule has 0 aliphatic carbocycles. The molecule has 0 spiro atoms. The van der Waals surface area contributed by atoms with Crippen molar-refractivity contribution >= 4 is 0 Å². The first-order valence-corrected chi connectivity index (χ1v) is 4.58. The summed E-state index contributed by atoms with van der Waals surface area (Å²) < 4.78 is 0. The Kier molecular flexibility index (Phi) is 5.44. The van der Waals surface area contributed by atoms with E-state index >= 15 is 0 Å². The second-order valence-electron chi connectivity index (χ2n) is 3.48. The lowest BCUT2D eigenvalue weighted by Gasteiger charge is -2.01. The number of hydrogen-bond donors (Lipinski definition) is 0. The second-order valence-corrected chi connectivity index (χ2v) is 3.48. The summed E-state index contributed by atoms with van der Waals surface area (Å²) in [5.41, 5.74) is 2.43. The molecule has 0 aromatic heterocycles. The topological polar surface area (TPSA) is 0 Å². The smallest absolute Gasteiger partial charge is 0.0259 e. The van der Waals surface area contributed by atoms with Crippen LogP contribution in [0.3, 0.4) is 0 Å². The van der Waals surface area contributed by atoms with Crippen molar-refractivity contribution in [3.8, 4) is 0 Å². The lowest BCUT2D eigenvalue weighted by molar-refractivity contribution is 0.694. The molecular weight excluding hydrogens is 144 g/mol. The van der Waals surface area contributed by atoms with Gasteiger partial charge in [-0.25, -0.2) is 0 Å². The van der Waals surface area contributed by atoms with Crippen LogP contribution in [0, 0.1) is 5.92 Å². The fourth-order valence-corrected chi connectivity index (χ4v) is 0.896. The van der Waals surface area contributed by atoms with E-state index in [0.717, 1.165) is 5.57 Å². The van der Waals surface area contributed by atoms with E-state index in [2.05, 4.69) is 39.5 Å². The molecular formula is C12H20. The van der Waals surface area contributed by atoms with Crippen LogP contribution < -0.4 is 0 Å². The van der Waals surface area contributed by atoms with Crippen LogP contribution in [0.4, 0.5) is 0 Å². The highest BCUT2D eigenvalue weighted by Gasteiger charge is 1.91. The van der Waals surface area contributed by atoms with Crippen LogP contribution in [0.1, 0.15) is 34.1 Å². The van der Waals surface area contributed by atoms with Gasteiger partial charge in [0, 0.05) is 0 Å². The predicted octanol–water partition coefficient (Wildman–Crippen LogP) is 4.11. The van der Waals surface area contributed by atoms with Crippen molar-refractivity contribution in [3.63, 3.8) is 0 Å². The zero-order valence-corrected chi connectivity index (χ0v) is 8.72. The van der Waals surface area contributed by atoms with Crippen molar-refractivity contribution < 1.29 is 0 Å². The van der Waals surface area contributed by atoms with Crippen molar-refractivity contribution in [2.24, 2.45) is 5.92 Å². The largest absolute Gasteiger partial charge is 0.0961 e. The standard InChI is InChI=1S/C12H20/c1-6-11(4)9-12(5)8-7-10(2)3/h7-9,11H,2,6H2,1,3-5H3/b8-7-,12-9-. The molecule has 0 nitrogen and oxygen atoms in total. The lowest BCUT2D eigenvalue weighted by atomic mass is 10.1. The number of allylic oxidation sites excluding steroid dienone is 5. The average molecular weight is 164 g/mol. The van der Waals surface area contributed by atoms with E-state index in [0.29, 0.717) is 5.92 Å². The van der Waals surface area contributed by atoms with Crippen molar-refractivity contribution in [3.05, 3.63) is 36.0 Å². The monoisotopic (exact) mass is 164 g/mol. The molecule has 0 aromatic rings. The fraction of sp³-hybridized carbons (Fsp3) is 0.500. The number of hydrogen-bond acceptors (Lipinski definition) is 0. The van der Waals surface area contributed by atoms with Gasteiger partial charge in [-0.1, -0.05) is 56.2 Å². The summed E-state index contributed by atoms with van der Waals surface area (Å²) in [6, 6.07) is 0. The molecule has 0 aromatic carbocycles. The summed E-state index contributed by atoms with van der Waals surface area (Å²) >= 11 is 0. The Morgan fingerprint density at radius 3 is 2.33 bits per heavy atom. The fourth-order valence-electron chi connectivity index (χ4n) is 0.896. The van der Waals surface area contributed by atoms with Gasteiger partial charge in [0.25, 0.3) is 0 Å². The maximum Gasteiger partial charge on any atom is -0.0259 e. The highest BCUT2D eigenvalue weighted by Crippen LogP contribution is 2.08. The summed E-state index contributed by atoms with van der Waals surface area (Å²) in [6.07, 6.45) is 7.67. The SMILES string of the molecule is C=C(C)/C=C\C(C)=C/C(C)CC. The van der Waals surface area contributed by atoms with Gasteiger partial charge in [-0.15, -0.1) is 0 Å². The van der Waals surface area contributed by atoms with Gasteiger partial charge >= 0.3 is 0 Å². The molecule has 0 saturated heterocycles. The lowest BCUT2D eigenvalue weighted by Crippen LogP contribution is -1.86. The van der Waals surface area contributed by atoms with Gasteiger partial charge in [-0.05, 0) is 19.8 Å². The minimum absolute atomic E-state index is 0.680. The van der Waals surface area contributed by atoms with Gasteiger partial charge < -0.3 is 0 Å². The highest BCUT2D eigenvalue weighted by atomic mass is 14.0. The minimum Gasteiger partial charge on any atom is -0.0961 e. The van der Waals surface area contributed by atoms with Gasteiger partial charge in [0.2, 0.25) is 0 Å². The Labute approximate surface area is 76.7 Å². The van der Waals surface area contributed by atoms with Gasteiger partial charge in [0.1, 0.15) is 0 Å². The Hall–Kier alpha value is -0.780. The van der Waals surface area contributed by atoms with Crippen LogP contribution in [0.25, 0.3) is 0 Å². The number of rotatable bonds is 4. The molecule has 0 N–H and O–H groups in total. The van der Waals surface area contributed by atoms with Crippen LogP contribution >= 0.6 is 0 Å². The summed E-state index contributed by atoms with van der Waals surface area (Å²) in [6.45, 7) is 12.4. The quantitative estimate of drug-likeness (QED) is 0.548. The van der Waals surface area contributed by atoms with E-state index in [-0.39, 0.29) is 0 Å². The third kappa shape index (κ3) is 5.96. The Morgan fingerprint density at radius 2 is 1.92 bits per heavy atom. The first-order valence-electron chi connectivity index (χ1n) is 4.58. The van der Waals surface area contributed by atoms with E-state index in [9.17, 15) is 0 Å². The maximum atomic E-state index is 3.81. The normalized spacial score (nSPS) is 15.2. The Bertz CT molecular complexity index is 194. The average Bonchev–Trinajstić information content (AvgIpc) is 2.00. The zero-order chi connectivity index (χ0) is 9.56. The molecule has 0 rings (SSSR count). The van der Waals surface area contributed by atoms with Crippen molar-refractivity contribution in [2.75, 3.05) is 0 Å². The first-order chi connectivity index (χ1) is 5.56. The molecule has 12 heavy (non-hydrogen) atoms. The molecule has 0 heteroatoms. The molecule has 0 bridgehead atoms. The van der Waals surface area contributed by atoms with Gasteiger partial charge in [-0.3, -0.25) is 0 Å². The molecule has 1 unspecified atom stereocenters. The van der Waals surface area contributed by atoms with Crippen LogP contribution in [0.15, 0.2) is 36.0 Å². The molecule has 0 amide bonds. The van der Waals surface area contributed by atoms with Crippen molar-refractivity contribution in [1.29, 1.82) is 0 Å². The van der Waals surface area contributed by atoms with Crippen LogP contribution in [-0.2, 0) is 0 Å². The first kappa shape index (κ1) is 11.2. The van der Waals surface area contributed by atoms with E-state index in [1.807, 2.05) is 13.0 Å². The van der Waals surface area contributed by atoms with E-state index in [1.165, 1.54) is 12.0 Å². The molecule has 0 saturated carbocycles. The summed E-state index contributed by atoms with van der Waals surface area (Å²) in [4.78, 5) is 0.